The van der Waals surface area contributed by atoms with Crippen LogP contribution in [0.5, 0.6) is 5.75 Å². The average Bonchev–Trinajstić information content (AvgIpc) is 2.87. The second-order valence-electron chi connectivity index (χ2n) is 7.50. The Kier molecular flexibility index (Phi) is 8.48. The van der Waals surface area contributed by atoms with Crippen molar-refractivity contribution in [3.8, 4) is 5.75 Å². The summed E-state index contributed by atoms with van der Waals surface area (Å²) in [6, 6.07) is 21.6. The van der Waals surface area contributed by atoms with Gasteiger partial charge in [0.15, 0.2) is 0 Å². The smallest absolute Gasteiger partial charge is 0.343 e. The van der Waals surface area contributed by atoms with Crippen LogP contribution >= 0.6 is 0 Å². The van der Waals surface area contributed by atoms with E-state index in [4.69, 9.17) is 10.5 Å². The highest BCUT2D eigenvalue weighted by Gasteiger charge is 2.21. The van der Waals surface area contributed by atoms with Crippen molar-refractivity contribution in [2.24, 2.45) is 5.73 Å². The van der Waals surface area contributed by atoms with Crippen molar-refractivity contribution < 1.29 is 14.3 Å². The molecule has 0 radical (unpaired) electrons. The second-order valence-corrected chi connectivity index (χ2v) is 7.50. The number of amides is 1. The number of carbonyl (C=O) groups is 2. The molecule has 0 bridgehead atoms. The number of nitrogens with two attached hydrogens (primary N) is 1. The van der Waals surface area contributed by atoms with Crippen LogP contribution in [0.25, 0.3) is 10.8 Å². The monoisotopic (exact) mass is 455 g/mol. The van der Waals surface area contributed by atoms with Crippen LogP contribution in [-0.2, 0) is 4.79 Å². The molecule has 0 saturated heterocycles. The average molecular weight is 456 g/mol. The van der Waals surface area contributed by atoms with Crippen molar-refractivity contribution in [2.75, 3.05) is 11.9 Å². The van der Waals surface area contributed by atoms with Gasteiger partial charge in [0.1, 0.15) is 5.75 Å². The van der Waals surface area contributed by atoms with Crippen LogP contribution in [0.4, 0.5) is 5.69 Å². The molecular formula is C28H29N3O3. The minimum Gasteiger partial charge on any atom is -0.423 e. The minimum absolute atomic E-state index is 0.145. The highest BCUT2D eigenvalue weighted by atomic mass is 16.5. The maximum absolute atomic E-state index is 13.0. The van der Waals surface area contributed by atoms with E-state index in [0.29, 0.717) is 17.0 Å². The molecule has 1 unspecified atom stereocenters. The number of anilines is 1. The Morgan fingerprint density at radius 2 is 1.74 bits per heavy atom. The molecule has 0 saturated carbocycles. The summed E-state index contributed by atoms with van der Waals surface area (Å²) in [7, 11) is 0. The Bertz CT molecular complexity index is 1270. The first-order valence-corrected chi connectivity index (χ1v) is 11.3. The van der Waals surface area contributed by atoms with E-state index in [2.05, 4.69) is 10.3 Å². The van der Waals surface area contributed by atoms with Gasteiger partial charge in [-0.15, -0.1) is 0 Å². The Morgan fingerprint density at radius 3 is 2.44 bits per heavy atom. The molecule has 3 N–H and O–H groups in total. The number of benzene rings is 3. The fourth-order valence-electron chi connectivity index (χ4n) is 3.52. The fraction of sp³-hybridized carbons (Fsp3) is 0.179. The SMILES string of the molecule is CC.Cc1cc(C(CN)C(=O)Nc2ccc3cnccc3c2)ccc1OC(=O)c1ccccc1. The molecule has 6 nitrogen and oxygen atoms in total. The predicted molar refractivity (Wildman–Crippen MR) is 136 cm³/mol. The molecule has 174 valence electrons. The number of fused-ring (bicyclic) bond motifs is 1. The number of aromatic nitrogens is 1. The number of nitrogens with zero attached hydrogens (tertiary/aromatic N) is 1. The van der Waals surface area contributed by atoms with E-state index < -0.39 is 11.9 Å². The van der Waals surface area contributed by atoms with Gasteiger partial charge in [0, 0.05) is 30.0 Å². The van der Waals surface area contributed by atoms with E-state index in [0.717, 1.165) is 21.9 Å². The van der Waals surface area contributed by atoms with Gasteiger partial charge in [-0.1, -0.05) is 50.2 Å². The van der Waals surface area contributed by atoms with Gasteiger partial charge in [-0.05, 0) is 59.8 Å². The van der Waals surface area contributed by atoms with Crippen molar-refractivity contribution in [2.45, 2.75) is 26.7 Å². The van der Waals surface area contributed by atoms with Gasteiger partial charge in [-0.2, -0.15) is 0 Å². The van der Waals surface area contributed by atoms with Crippen LogP contribution in [-0.4, -0.2) is 23.4 Å². The number of rotatable bonds is 6. The van der Waals surface area contributed by atoms with Gasteiger partial charge in [0.25, 0.3) is 0 Å². The molecular weight excluding hydrogens is 426 g/mol. The summed E-state index contributed by atoms with van der Waals surface area (Å²) in [6.07, 6.45) is 3.49. The van der Waals surface area contributed by atoms with Gasteiger partial charge in [-0.3, -0.25) is 9.78 Å². The lowest BCUT2D eigenvalue weighted by Crippen LogP contribution is -2.27. The normalized spacial score (nSPS) is 11.2. The number of esters is 1. The van der Waals surface area contributed by atoms with Crippen LogP contribution in [0.1, 0.15) is 41.3 Å². The summed E-state index contributed by atoms with van der Waals surface area (Å²) in [4.78, 5) is 29.4. The van der Waals surface area contributed by atoms with Crippen molar-refractivity contribution in [1.29, 1.82) is 0 Å². The van der Waals surface area contributed by atoms with E-state index in [1.54, 1.807) is 48.8 Å². The number of hydrogen-bond acceptors (Lipinski definition) is 5. The van der Waals surface area contributed by atoms with Crippen molar-refractivity contribution in [3.05, 3.63) is 102 Å². The zero-order valence-electron chi connectivity index (χ0n) is 19.6. The number of pyridine rings is 1. The first kappa shape index (κ1) is 24.6. The molecule has 3 aromatic carbocycles. The number of hydrogen-bond donors (Lipinski definition) is 2. The highest BCUT2D eigenvalue weighted by molar-refractivity contribution is 5.98. The zero-order valence-corrected chi connectivity index (χ0v) is 19.6. The molecule has 6 heteroatoms. The molecule has 0 spiro atoms. The first-order chi connectivity index (χ1) is 16.5. The Morgan fingerprint density at radius 1 is 0.971 bits per heavy atom. The summed E-state index contributed by atoms with van der Waals surface area (Å²) >= 11 is 0. The van der Waals surface area contributed by atoms with Gasteiger partial charge >= 0.3 is 5.97 Å². The fourth-order valence-corrected chi connectivity index (χ4v) is 3.52. The van der Waals surface area contributed by atoms with E-state index in [1.807, 2.05) is 57.2 Å². The molecule has 34 heavy (non-hydrogen) atoms. The van der Waals surface area contributed by atoms with Crippen molar-refractivity contribution in [3.63, 3.8) is 0 Å². The van der Waals surface area contributed by atoms with E-state index >= 15 is 0 Å². The number of ether oxygens (including phenoxy) is 1. The summed E-state index contributed by atoms with van der Waals surface area (Å²) in [5.74, 6) is -0.724. The maximum Gasteiger partial charge on any atom is 0.343 e. The summed E-state index contributed by atoms with van der Waals surface area (Å²) < 4.78 is 5.52. The zero-order chi connectivity index (χ0) is 24.5. The van der Waals surface area contributed by atoms with Crippen molar-refractivity contribution >= 4 is 28.3 Å². The second kappa shape index (κ2) is 11.7. The molecule has 4 rings (SSSR count). The van der Waals surface area contributed by atoms with Crippen LogP contribution in [0.2, 0.25) is 0 Å². The lowest BCUT2D eigenvalue weighted by molar-refractivity contribution is -0.117. The molecule has 1 amide bonds. The van der Waals surface area contributed by atoms with E-state index in [9.17, 15) is 9.59 Å². The number of aryl methyl sites for hydroxylation is 1. The largest absolute Gasteiger partial charge is 0.423 e. The summed E-state index contributed by atoms with van der Waals surface area (Å²) in [5.41, 5.74) is 8.61. The van der Waals surface area contributed by atoms with E-state index in [1.165, 1.54) is 0 Å². The Balaban J connectivity index is 0.00000158. The lowest BCUT2D eigenvalue weighted by atomic mass is 9.96. The first-order valence-electron chi connectivity index (χ1n) is 11.3. The third-order valence-electron chi connectivity index (χ3n) is 5.27. The molecule has 0 fully saturated rings. The number of nitrogens with one attached hydrogen (secondary N) is 1. The summed E-state index contributed by atoms with van der Waals surface area (Å²) in [5, 5.41) is 4.93. The van der Waals surface area contributed by atoms with Crippen LogP contribution < -0.4 is 15.8 Å². The van der Waals surface area contributed by atoms with E-state index in [-0.39, 0.29) is 12.5 Å². The van der Waals surface area contributed by atoms with Crippen LogP contribution in [0, 0.1) is 6.92 Å². The third kappa shape index (κ3) is 5.85. The molecule has 1 atom stereocenters. The highest BCUT2D eigenvalue weighted by Crippen LogP contribution is 2.26. The minimum atomic E-state index is -0.541. The topological polar surface area (TPSA) is 94.3 Å². The van der Waals surface area contributed by atoms with Gasteiger partial charge in [0.2, 0.25) is 5.91 Å². The molecule has 4 aromatic rings. The Labute approximate surface area is 199 Å². The third-order valence-corrected chi connectivity index (χ3v) is 5.27. The molecule has 0 aliphatic carbocycles. The predicted octanol–water partition coefficient (Wildman–Crippen LogP) is 5.47. The van der Waals surface area contributed by atoms with Gasteiger partial charge in [0.05, 0.1) is 11.5 Å². The molecule has 0 aliphatic heterocycles. The summed E-state index contributed by atoms with van der Waals surface area (Å²) in [6.45, 7) is 5.98. The van der Waals surface area contributed by atoms with Crippen molar-refractivity contribution in [1.82, 2.24) is 4.98 Å². The molecule has 0 aliphatic rings. The lowest BCUT2D eigenvalue weighted by Gasteiger charge is -2.17. The van der Waals surface area contributed by atoms with Gasteiger partial charge < -0.3 is 15.8 Å². The van der Waals surface area contributed by atoms with Gasteiger partial charge in [-0.25, -0.2) is 4.79 Å². The quantitative estimate of drug-likeness (QED) is 0.297. The Hall–Kier alpha value is -4.03. The molecule has 1 aromatic heterocycles. The molecule has 1 heterocycles. The standard InChI is InChI=1S/C26H23N3O3.C2H6/c1-17-13-20(8-10-24(17)32-26(31)18-5-3-2-4-6-18)23(15-27)25(30)29-22-9-7-21-16-28-12-11-19(21)14-22;1-2/h2-14,16,23H,15,27H2,1H3,(H,29,30);1-2H3. The number of carbonyl (C=O) groups excluding carboxylic acids is 2. The van der Waals surface area contributed by atoms with Crippen LogP contribution in [0.15, 0.2) is 85.2 Å². The van der Waals surface area contributed by atoms with Crippen LogP contribution in [0.3, 0.4) is 0 Å². The maximum atomic E-state index is 13.0.